The molecule has 0 atom stereocenters. The average Bonchev–Trinajstić information content (AvgIpc) is 2.21. The van der Waals surface area contributed by atoms with Gasteiger partial charge in [-0.3, -0.25) is 4.79 Å². The number of rotatable bonds is 6. The highest BCUT2D eigenvalue weighted by Gasteiger charge is 2.09. The first-order valence-electron chi connectivity index (χ1n) is 5.73. The molecule has 1 amide bonds. The standard InChI is InChI=1S/C13H19NO3/c1-4-16-12-7-10(8-13(14)15)5-6-11(12)17-9(2)3/h5-7,9H,4,8H2,1-3H3,(H2,14,15). The van der Waals surface area contributed by atoms with Gasteiger partial charge >= 0.3 is 0 Å². The van der Waals surface area contributed by atoms with E-state index in [4.69, 9.17) is 15.2 Å². The van der Waals surface area contributed by atoms with Crippen LogP contribution in [0, 0.1) is 0 Å². The van der Waals surface area contributed by atoms with Gasteiger partial charge in [-0.25, -0.2) is 0 Å². The van der Waals surface area contributed by atoms with E-state index in [-0.39, 0.29) is 18.4 Å². The molecule has 1 rings (SSSR count). The normalized spacial score (nSPS) is 10.4. The Balaban J connectivity index is 2.94. The second kappa shape index (κ2) is 6.13. The number of primary amides is 1. The number of hydrogen-bond acceptors (Lipinski definition) is 3. The molecule has 1 aromatic carbocycles. The van der Waals surface area contributed by atoms with Crippen LogP contribution < -0.4 is 15.2 Å². The lowest BCUT2D eigenvalue weighted by atomic mass is 10.1. The third-order valence-corrected chi connectivity index (χ3v) is 2.05. The van der Waals surface area contributed by atoms with Crippen LogP contribution in [0.1, 0.15) is 26.3 Å². The van der Waals surface area contributed by atoms with Crippen molar-refractivity contribution in [2.24, 2.45) is 5.73 Å². The Morgan fingerprint density at radius 3 is 2.59 bits per heavy atom. The van der Waals surface area contributed by atoms with Crippen molar-refractivity contribution < 1.29 is 14.3 Å². The SMILES string of the molecule is CCOc1cc(CC(N)=O)ccc1OC(C)C. The summed E-state index contributed by atoms with van der Waals surface area (Å²) in [6.45, 7) is 6.36. The Labute approximate surface area is 102 Å². The lowest BCUT2D eigenvalue weighted by Crippen LogP contribution is -2.14. The second-order valence-corrected chi connectivity index (χ2v) is 4.02. The fourth-order valence-electron chi connectivity index (χ4n) is 1.48. The van der Waals surface area contributed by atoms with Crippen molar-refractivity contribution >= 4 is 5.91 Å². The molecule has 0 aliphatic heterocycles. The lowest BCUT2D eigenvalue weighted by Gasteiger charge is -2.15. The van der Waals surface area contributed by atoms with Gasteiger partial charge in [-0.2, -0.15) is 0 Å². The summed E-state index contributed by atoms with van der Waals surface area (Å²) in [4.78, 5) is 10.9. The van der Waals surface area contributed by atoms with Gasteiger partial charge in [0.25, 0.3) is 0 Å². The molecular formula is C13H19NO3. The van der Waals surface area contributed by atoms with E-state index in [9.17, 15) is 4.79 Å². The van der Waals surface area contributed by atoms with E-state index in [2.05, 4.69) is 0 Å². The van der Waals surface area contributed by atoms with Crippen LogP contribution in [0.3, 0.4) is 0 Å². The highest BCUT2D eigenvalue weighted by Crippen LogP contribution is 2.29. The van der Waals surface area contributed by atoms with Crippen molar-refractivity contribution in [3.05, 3.63) is 23.8 Å². The minimum atomic E-state index is -0.357. The third kappa shape index (κ3) is 4.34. The molecule has 0 saturated heterocycles. The van der Waals surface area contributed by atoms with E-state index in [1.807, 2.05) is 32.9 Å². The Morgan fingerprint density at radius 1 is 1.35 bits per heavy atom. The van der Waals surface area contributed by atoms with Crippen LogP contribution >= 0.6 is 0 Å². The Kier molecular flexibility index (Phi) is 4.82. The first kappa shape index (κ1) is 13.4. The monoisotopic (exact) mass is 237 g/mol. The highest BCUT2D eigenvalue weighted by atomic mass is 16.5. The van der Waals surface area contributed by atoms with Crippen molar-refractivity contribution in [2.75, 3.05) is 6.61 Å². The zero-order valence-corrected chi connectivity index (χ0v) is 10.5. The van der Waals surface area contributed by atoms with E-state index in [1.54, 1.807) is 6.07 Å². The molecule has 0 spiro atoms. The molecule has 0 heterocycles. The summed E-state index contributed by atoms with van der Waals surface area (Å²) >= 11 is 0. The molecule has 1 aromatic rings. The maximum absolute atomic E-state index is 10.9. The molecule has 0 unspecified atom stereocenters. The molecule has 4 nitrogen and oxygen atoms in total. The Hall–Kier alpha value is -1.71. The minimum Gasteiger partial charge on any atom is -0.490 e. The summed E-state index contributed by atoms with van der Waals surface area (Å²) in [5.74, 6) is 0.986. The highest BCUT2D eigenvalue weighted by molar-refractivity contribution is 5.76. The maximum Gasteiger partial charge on any atom is 0.221 e. The van der Waals surface area contributed by atoms with Crippen LogP contribution in [0.4, 0.5) is 0 Å². The van der Waals surface area contributed by atoms with Crippen LogP contribution in [0.15, 0.2) is 18.2 Å². The zero-order valence-electron chi connectivity index (χ0n) is 10.5. The van der Waals surface area contributed by atoms with Crippen molar-refractivity contribution in [1.82, 2.24) is 0 Å². The van der Waals surface area contributed by atoms with Gasteiger partial charge in [0, 0.05) is 0 Å². The van der Waals surface area contributed by atoms with Gasteiger partial charge in [-0.05, 0) is 38.5 Å². The molecule has 0 aliphatic rings. The van der Waals surface area contributed by atoms with Crippen molar-refractivity contribution in [1.29, 1.82) is 0 Å². The third-order valence-electron chi connectivity index (χ3n) is 2.05. The van der Waals surface area contributed by atoms with Crippen molar-refractivity contribution in [3.8, 4) is 11.5 Å². The van der Waals surface area contributed by atoms with Crippen molar-refractivity contribution in [2.45, 2.75) is 33.3 Å². The van der Waals surface area contributed by atoms with Gasteiger partial charge in [0.1, 0.15) is 0 Å². The maximum atomic E-state index is 10.9. The molecule has 4 heteroatoms. The quantitative estimate of drug-likeness (QED) is 0.822. The van der Waals surface area contributed by atoms with Gasteiger partial charge in [0.05, 0.1) is 19.1 Å². The smallest absolute Gasteiger partial charge is 0.221 e. The molecule has 0 fully saturated rings. The van der Waals surface area contributed by atoms with E-state index in [1.165, 1.54) is 0 Å². The summed E-state index contributed by atoms with van der Waals surface area (Å²) in [6.07, 6.45) is 0.290. The predicted molar refractivity (Wildman–Crippen MR) is 66.3 cm³/mol. The van der Waals surface area contributed by atoms with E-state index in [0.29, 0.717) is 18.1 Å². The molecule has 0 radical (unpaired) electrons. The van der Waals surface area contributed by atoms with Gasteiger partial charge in [0.15, 0.2) is 11.5 Å². The summed E-state index contributed by atoms with van der Waals surface area (Å²) in [5, 5.41) is 0. The predicted octanol–water partition coefficient (Wildman–Crippen LogP) is 1.90. The Morgan fingerprint density at radius 2 is 2.06 bits per heavy atom. The van der Waals surface area contributed by atoms with Gasteiger partial charge in [-0.15, -0.1) is 0 Å². The summed E-state index contributed by atoms with van der Waals surface area (Å²) < 4.78 is 11.1. The topological polar surface area (TPSA) is 61.5 Å². The minimum absolute atomic E-state index is 0.0798. The van der Waals surface area contributed by atoms with Crippen LogP contribution in [-0.4, -0.2) is 18.6 Å². The molecule has 2 N–H and O–H groups in total. The van der Waals surface area contributed by atoms with Gasteiger partial charge in [-0.1, -0.05) is 6.07 Å². The molecule has 0 aliphatic carbocycles. The van der Waals surface area contributed by atoms with Crippen LogP contribution in [0.25, 0.3) is 0 Å². The molecule has 0 bridgehead atoms. The number of ether oxygens (including phenoxy) is 2. The number of hydrogen-bond donors (Lipinski definition) is 1. The van der Waals surface area contributed by atoms with Gasteiger partial charge < -0.3 is 15.2 Å². The zero-order chi connectivity index (χ0) is 12.8. The molecule has 17 heavy (non-hydrogen) atoms. The van der Waals surface area contributed by atoms with E-state index < -0.39 is 0 Å². The Bertz CT molecular complexity index is 388. The van der Waals surface area contributed by atoms with E-state index >= 15 is 0 Å². The molecule has 0 aromatic heterocycles. The van der Waals surface area contributed by atoms with Gasteiger partial charge in [0.2, 0.25) is 5.91 Å². The van der Waals surface area contributed by atoms with Crippen molar-refractivity contribution in [3.63, 3.8) is 0 Å². The number of benzene rings is 1. The fraction of sp³-hybridized carbons (Fsp3) is 0.462. The van der Waals surface area contributed by atoms with Crippen LogP contribution in [0.5, 0.6) is 11.5 Å². The first-order chi connectivity index (χ1) is 8.02. The second-order valence-electron chi connectivity index (χ2n) is 4.02. The number of carbonyl (C=O) groups excluding carboxylic acids is 1. The van der Waals surface area contributed by atoms with E-state index in [0.717, 1.165) is 5.56 Å². The first-order valence-corrected chi connectivity index (χ1v) is 5.73. The molecule has 94 valence electrons. The summed E-state index contributed by atoms with van der Waals surface area (Å²) in [7, 11) is 0. The molecule has 0 saturated carbocycles. The average molecular weight is 237 g/mol. The van der Waals surface area contributed by atoms with Crippen LogP contribution in [-0.2, 0) is 11.2 Å². The summed E-state index contributed by atoms with van der Waals surface area (Å²) in [5.41, 5.74) is 5.99. The number of nitrogens with two attached hydrogens (primary N) is 1. The van der Waals surface area contributed by atoms with Crippen LogP contribution in [0.2, 0.25) is 0 Å². The number of carbonyl (C=O) groups is 1. The largest absolute Gasteiger partial charge is 0.490 e. The lowest BCUT2D eigenvalue weighted by molar-refractivity contribution is -0.117. The fourth-order valence-corrected chi connectivity index (χ4v) is 1.48. The molecular weight excluding hydrogens is 218 g/mol. The number of amides is 1. The summed E-state index contributed by atoms with van der Waals surface area (Å²) in [6, 6.07) is 5.43.